The van der Waals surface area contributed by atoms with Crippen LogP contribution in [0.15, 0.2) is 0 Å². The monoisotopic (exact) mass is 289 g/mol. The van der Waals surface area contributed by atoms with Gasteiger partial charge in [0.2, 0.25) is 0 Å². The molecule has 0 aromatic rings. The van der Waals surface area contributed by atoms with Crippen molar-refractivity contribution in [3.8, 4) is 0 Å². The molecule has 0 bridgehead atoms. The van der Waals surface area contributed by atoms with Crippen LogP contribution in [-0.2, 0) is 23.9 Å². The quantitative estimate of drug-likeness (QED) is 0.691. The third-order valence-electron chi connectivity index (χ3n) is 2.73. The van der Waals surface area contributed by atoms with Gasteiger partial charge in [0, 0.05) is 6.42 Å². The minimum absolute atomic E-state index is 0.0547. The Morgan fingerprint density at radius 3 is 2.05 bits per heavy atom. The summed E-state index contributed by atoms with van der Waals surface area (Å²) in [5.41, 5.74) is 3.19. The van der Waals surface area contributed by atoms with E-state index in [1.807, 2.05) is 0 Å². The number of methoxy groups -OCH3 is 1. The zero-order chi connectivity index (χ0) is 16.1. The number of carboxylic acids is 1. The van der Waals surface area contributed by atoms with Crippen molar-refractivity contribution in [1.29, 1.82) is 0 Å². The van der Waals surface area contributed by atoms with E-state index >= 15 is 0 Å². The molecule has 0 aromatic carbocycles. The number of aliphatic carboxylic acids is 1. The van der Waals surface area contributed by atoms with E-state index in [9.17, 15) is 14.4 Å². The summed E-state index contributed by atoms with van der Waals surface area (Å²) < 4.78 is 9.64. The number of rotatable bonds is 6. The molecular formula is C13H23NO6. The number of nitrogens with two attached hydrogens (primary N) is 1. The lowest BCUT2D eigenvalue weighted by molar-refractivity contribution is -0.160. The van der Waals surface area contributed by atoms with Crippen molar-refractivity contribution in [2.75, 3.05) is 7.11 Å². The van der Waals surface area contributed by atoms with Crippen LogP contribution in [0.25, 0.3) is 0 Å². The predicted molar refractivity (Wildman–Crippen MR) is 70.8 cm³/mol. The van der Waals surface area contributed by atoms with Gasteiger partial charge in [0.05, 0.1) is 13.0 Å². The topological polar surface area (TPSA) is 116 Å². The Morgan fingerprint density at radius 2 is 1.70 bits per heavy atom. The molecule has 0 fully saturated rings. The second-order valence-electron chi connectivity index (χ2n) is 5.79. The van der Waals surface area contributed by atoms with Crippen molar-refractivity contribution in [3.63, 3.8) is 0 Å². The van der Waals surface area contributed by atoms with Crippen LogP contribution in [0.4, 0.5) is 0 Å². The molecule has 0 heterocycles. The Kier molecular flexibility index (Phi) is 6.15. The molecule has 0 saturated carbocycles. The second-order valence-corrected chi connectivity index (χ2v) is 5.79. The average Bonchev–Trinajstić information content (AvgIpc) is 2.25. The summed E-state index contributed by atoms with van der Waals surface area (Å²) in [6, 6.07) is 0. The van der Waals surface area contributed by atoms with Crippen LogP contribution < -0.4 is 5.73 Å². The lowest BCUT2D eigenvalue weighted by atomic mass is 9.83. The molecule has 0 rings (SSSR count). The number of carbonyl (C=O) groups excluding carboxylic acids is 2. The van der Waals surface area contributed by atoms with Crippen molar-refractivity contribution in [2.45, 2.75) is 51.7 Å². The number of esters is 2. The van der Waals surface area contributed by atoms with Crippen molar-refractivity contribution in [2.24, 2.45) is 11.7 Å². The number of carboxylic acid groups (broad SMARTS) is 1. The maximum Gasteiger partial charge on any atom is 0.324 e. The third kappa shape index (κ3) is 5.56. The van der Waals surface area contributed by atoms with Crippen LogP contribution in [0.1, 0.15) is 40.5 Å². The number of carbonyl (C=O) groups is 3. The van der Waals surface area contributed by atoms with E-state index < -0.39 is 35.0 Å². The molecule has 0 radical (unpaired) electrons. The first-order chi connectivity index (χ1) is 8.91. The van der Waals surface area contributed by atoms with Crippen LogP contribution >= 0.6 is 0 Å². The number of ether oxygens (including phenoxy) is 2. The van der Waals surface area contributed by atoms with Crippen LogP contribution in [-0.4, -0.2) is 41.3 Å². The van der Waals surface area contributed by atoms with Gasteiger partial charge in [-0.3, -0.25) is 14.4 Å². The lowest BCUT2D eigenvalue weighted by Crippen LogP contribution is -2.54. The van der Waals surface area contributed by atoms with Gasteiger partial charge in [-0.25, -0.2) is 0 Å². The van der Waals surface area contributed by atoms with Gasteiger partial charge in [-0.05, 0) is 34.1 Å². The average molecular weight is 289 g/mol. The predicted octanol–water partition coefficient (Wildman–Crippen LogP) is 0.700. The summed E-state index contributed by atoms with van der Waals surface area (Å²) in [7, 11) is 1.14. The Balaban J connectivity index is 4.83. The van der Waals surface area contributed by atoms with E-state index in [-0.39, 0.29) is 12.8 Å². The SMILES string of the molecule is COC(=O)C(CCC(=O)OC(C)(C)C)C(C)(N)C(=O)O. The van der Waals surface area contributed by atoms with Gasteiger partial charge in [0.25, 0.3) is 0 Å². The minimum Gasteiger partial charge on any atom is -0.480 e. The largest absolute Gasteiger partial charge is 0.480 e. The normalized spacial score (nSPS) is 15.9. The molecule has 7 heteroatoms. The maximum absolute atomic E-state index is 11.6. The van der Waals surface area contributed by atoms with Gasteiger partial charge in [0.1, 0.15) is 11.1 Å². The van der Waals surface area contributed by atoms with Crippen LogP contribution in [0.5, 0.6) is 0 Å². The highest BCUT2D eigenvalue weighted by molar-refractivity contribution is 5.87. The van der Waals surface area contributed by atoms with Crippen molar-refractivity contribution in [1.82, 2.24) is 0 Å². The van der Waals surface area contributed by atoms with Crippen LogP contribution in [0, 0.1) is 5.92 Å². The molecule has 116 valence electrons. The van der Waals surface area contributed by atoms with Gasteiger partial charge in [0.15, 0.2) is 0 Å². The fourth-order valence-corrected chi connectivity index (χ4v) is 1.61. The first-order valence-electron chi connectivity index (χ1n) is 6.23. The molecule has 0 aliphatic heterocycles. The van der Waals surface area contributed by atoms with Crippen molar-refractivity contribution < 1.29 is 29.0 Å². The molecule has 0 saturated heterocycles. The smallest absolute Gasteiger partial charge is 0.324 e. The highest BCUT2D eigenvalue weighted by Gasteiger charge is 2.43. The van der Waals surface area contributed by atoms with E-state index in [1.165, 1.54) is 6.92 Å². The minimum atomic E-state index is -1.81. The van der Waals surface area contributed by atoms with Gasteiger partial charge in [-0.2, -0.15) is 0 Å². The lowest BCUT2D eigenvalue weighted by Gasteiger charge is -2.28. The van der Waals surface area contributed by atoms with Gasteiger partial charge in [-0.1, -0.05) is 0 Å². The van der Waals surface area contributed by atoms with Crippen LogP contribution in [0.3, 0.4) is 0 Å². The van der Waals surface area contributed by atoms with Gasteiger partial charge < -0.3 is 20.3 Å². The van der Waals surface area contributed by atoms with E-state index in [1.54, 1.807) is 20.8 Å². The summed E-state index contributed by atoms with van der Waals surface area (Å²) >= 11 is 0. The molecule has 2 unspecified atom stereocenters. The van der Waals surface area contributed by atoms with E-state index in [0.717, 1.165) is 7.11 Å². The fourth-order valence-electron chi connectivity index (χ4n) is 1.61. The van der Waals surface area contributed by atoms with E-state index in [0.29, 0.717) is 0 Å². The number of hydrogen-bond acceptors (Lipinski definition) is 6. The summed E-state index contributed by atoms with van der Waals surface area (Å²) in [4.78, 5) is 34.4. The first kappa shape index (κ1) is 18.4. The first-order valence-corrected chi connectivity index (χ1v) is 6.23. The van der Waals surface area contributed by atoms with Gasteiger partial charge in [-0.15, -0.1) is 0 Å². The van der Waals surface area contributed by atoms with E-state index in [4.69, 9.17) is 15.6 Å². The highest BCUT2D eigenvalue weighted by Crippen LogP contribution is 2.23. The van der Waals surface area contributed by atoms with Gasteiger partial charge >= 0.3 is 17.9 Å². The Morgan fingerprint density at radius 1 is 1.20 bits per heavy atom. The van der Waals surface area contributed by atoms with E-state index in [2.05, 4.69) is 4.74 Å². The second kappa shape index (κ2) is 6.69. The third-order valence-corrected chi connectivity index (χ3v) is 2.73. The van der Waals surface area contributed by atoms with Crippen molar-refractivity contribution in [3.05, 3.63) is 0 Å². The summed E-state index contributed by atoms with van der Waals surface area (Å²) in [6.45, 7) is 6.36. The molecule has 20 heavy (non-hydrogen) atoms. The number of hydrogen-bond donors (Lipinski definition) is 2. The molecule has 0 amide bonds. The molecule has 2 atom stereocenters. The summed E-state index contributed by atoms with van der Waals surface area (Å²) in [6.07, 6.45) is -0.169. The zero-order valence-corrected chi connectivity index (χ0v) is 12.6. The standard InChI is InChI=1S/C13H23NO6/c1-12(2,3)20-9(15)7-6-8(10(16)19-5)13(4,14)11(17)18/h8H,6-7,14H2,1-5H3,(H,17,18). The Labute approximate surface area is 118 Å². The van der Waals surface area contributed by atoms with Crippen molar-refractivity contribution >= 4 is 17.9 Å². The molecule has 0 spiro atoms. The molecule has 0 aliphatic carbocycles. The molecule has 0 aliphatic rings. The molecule has 7 nitrogen and oxygen atoms in total. The molecule has 0 aromatic heterocycles. The maximum atomic E-state index is 11.6. The Hall–Kier alpha value is -1.63. The summed E-state index contributed by atoms with van der Waals surface area (Å²) in [5, 5.41) is 9.06. The molecular weight excluding hydrogens is 266 g/mol. The summed E-state index contributed by atoms with van der Waals surface area (Å²) in [5.74, 6) is -3.75. The Bertz CT molecular complexity index is 383. The highest BCUT2D eigenvalue weighted by atomic mass is 16.6. The molecule has 3 N–H and O–H groups in total. The zero-order valence-electron chi connectivity index (χ0n) is 12.6. The van der Waals surface area contributed by atoms with Crippen LogP contribution in [0.2, 0.25) is 0 Å². The fraction of sp³-hybridized carbons (Fsp3) is 0.769.